The van der Waals surface area contributed by atoms with Crippen LogP contribution in [-0.4, -0.2) is 18.5 Å². The van der Waals surface area contributed by atoms with Crippen molar-refractivity contribution in [3.05, 3.63) is 68.7 Å². The third-order valence-corrected chi connectivity index (χ3v) is 4.70. The Morgan fingerprint density at radius 3 is 2.57 bits per heavy atom. The Labute approximate surface area is 140 Å². The molecule has 2 nitrogen and oxygen atoms in total. The summed E-state index contributed by atoms with van der Waals surface area (Å²) in [5.74, 6) is 0. The third-order valence-electron chi connectivity index (χ3n) is 3.65. The van der Waals surface area contributed by atoms with Gasteiger partial charge in [-0.1, -0.05) is 57.9 Å². The van der Waals surface area contributed by atoms with Gasteiger partial charge in [-0.25, -0.2) is 0 Å². The average Bonchev–Trinajstić information content (AvgIpc) is 2.44. The number of benzene rings is 2. The molecule has 2 rings (SSSR count). The number of likely N-dealkylation sites (N-methyl/N-ethyl adjacent to an activating group) is 1. The van der Waals surface area contributed by atoms with Gasteiger partial charge < -0.3 is 5.73 Å². The molecule has 0 aliphatic heterocycles. The molecular formula is C17H20BrClN2. The summed E-state index contributed by atoms with van der Waals surface area (Å²) in [7, 11) is 2.08. The first-order valence-electron chi connectivity index (χ1n) is 6.92. The van der Waals surface area contributed by atoms with Crippen LogP contribution in [0.25, 0.3) is 0 Å². The van der Waals surface area contributed by atoms with Crippen LogP contribution in [0.4, 0.5) is 0 Å². The van der Waals surface area contributed by atoms with Crippen LogP contribution in [-0.2, 0) is 6.54 Å². The van der Waals surface area contributed by atoms with E-state index in [-0.39, 0.29) is 6.04 Å². The van der Waals surface area contributed by atoms with Gasteiger partial charge >= 0.3 is 0 Å². The van der Waals surface area contributed by atoms with Gasteiger partial charge in [0.1, 0.15) is 0 Å². The maximum absolute atomic E-state index is 6.25. The monoisotopic (exact) mass is 366 g/mol. The molecule has 1 unspecified atom stereocenters. The number of halogens is 2. The lowest BCUT2D eigenvalue weighted by Gasteiger charge is -2.28. The maximum atomic E-state index is 6.25. The highest BCUT2D eigenvalue weighted by atomic mass is 79.9. The van der Waals surface area contributed by atoms with Crippen LogP contribution in [0.3, 0.4) is 0 Å². The molecule has 2 aromatic rings. The van der Waals surface area contributed by atoms with E-state index in [4.69, 9.17) is 17.3 Å². The average molecular weight is 368 g/mol. The largest absolute Gasteiger partial charge is 0.329 e. The minimum Gasteiger partial charge on any atom is -0.329 e. The smallest absolute Gasteiger partial charge is 0.0482 e. The number of nitrogens with zero attached hydrogens (tertiary/aromatic N) is 1. The molecule has 2 aromatic carbocycles. The predicted octanol–water partition coefficient (Wildman–Crippen LogP) is 4.54. The summed E-state index contributed by atoms with van der Waals surface area (Å²) in [6.45, 7) is 3.41. The van der Waals surface area contributed by atoms with Crippen molar-refractivity contribution in [3.8, 4) is 0 Å². The second kappa shape index (κ2) is 7.41. The fourth-order valence-corrected chi connectivity index (χ4v) is 3.41. The topological polar surface area (TPSA) is 29.3 Å². The molecule has 0 aromatic heterocycles. The van der Waals surface area contributed by atoms with E-state index in [1.165, 1.54) is 11.1 Å². The van der Waals surface area contributed by atoms with Crippen LogP contribution >= 0.6 is 27.5 Å². The van der Waals surface area contributed by atoms with Gasteiger partial charge in [0, 0.05) is 28.6 Å². The second-order valence-electron chi connectivity index (χ2n) is 5.28. The van der Waals surface area contributed by atoms with Crippen LogP contribution in [0.1, 0.15) is 22.7 Å². The van der Waals surface area contributed by atoms with E-state index in [2.05, 4.69) is 59.1 Å². The SMILES string of the molecule is Cc1ccc(C(CN)N(C)Cc2ccccc2Cl)c(Br)c1. The van der Waals surface area contributed by atoms with Crippen molar-refractivity contribution in [1.29, 1.82) is 0 Å². The van der Waals surface area contributed by atoms with E-state index in [1.54, 1.807) is 0 Å². The van der Waals surface area contributed by atoms with Crippen LogP contribution in [0.15, 0.2) is 46.9 Å². The van der Waals surface area contributed by atoms with Gasteiger partial charge in [0.15, 0.2) is 0 Å². The molecule has 0 aliphatic carbocycles. The highest BCUT2D eigenvalue weighted by Gasteiger charge is 2.18. The van der Waals surface area contributed by atoms with E-state index < -0.39 is 0 Å². The van der Waals surface area contributed by atoms with Crippen molar-refractivity contribution in [1.82, 2.24) is 4.90 Å². The standard InChI is InChI=1S/C17H20BrClN2/c1-12-7-8-14(15(18)9-12)17(10-20)21(2)11-13-5-3-4-6-16(13)19/h3-9,17H,10-11,20H2,1-2H3. The third kappa shape index (κ3) is 4.07. The first kappa shape index (κ1) is 16.5. The van der Waals surface area contributed by atoms with Gasteiger partial charge in [0.05, 0.1) is 0 Å². The van der Waals surface area contributed by atoms with E-state index in [0.29, 0.717) is 6.54 Å². The quantitative estimate of drug-likeness (QED) is 0.840. The summed E-state index contributed by atoms with van der Waals surface area (Å²) in [5, 5.41) is 0.795. The number of hydrogen-bond acceptors (Lipinski definition) is 2. The number of hydrogen-bond donors (Lipinski definition) is 1. The number of aryl methyl sites for hydroxylation is 1. The first-order chi connectivity index (χ1) is 10.0. The molecule has 112 valence electrons. The normalized spacial score (nSPS) is 12.7. The molecular weight excluding hydrogens is 348 g/mol. The Kier molecular flexibility index (Phi) is 5.82. The van der Waals surface area contributed by atoms with Gasteiger partial charge in [-0.2, -0.15) is 0 Å². The fourth-order valence-electron chi connectivity index (χ4n) is 2.45. The zero-order chi connectivity index (χ0) is 15.4. The molecule has 1 atom stereocenters. The summed E-state index contributed by atoms with van der Waals surface area (Å²) >= 11 is 9.90. The Hall–Kier alpha value is -0.870. The Morgan fingerprint density at radius 2 is 1.95 bits per heavy atom. The molecule has 4 heteroatoms. The molecule has 0 amide bonds. The molecule has 0 fully saturated rings. The molecule has 2 N–H and O–H groups in total. The minimum atomic E-state index is 0.149. The highest BCUT2D eigenvalue weighted by molar-refractivity contribution is 9.10. The van der Waals surface area contributed by atoms with E-state index in [9.17, 15) is 0 Å². The summed E-state index contributed by atoms with van der Waals surface area (Å²) < 4.78 is 1.10. The van der Waals surface area contributed by atoms with Gasteiger partial charge in [0.2, 0.25) is 0 Å². The summed E-state index contributed by atoms with van der Waals surface area (Å²) in [6, 6.07) is 14.5. The first-order valence-corrected chi connectivity index (χ1v) is 8.09. The number of rotatable bonds is 5. The van der Waals surface area contributed by atoms with E-state index in [1.807, 2.05) is 18.2 Å². The van der Waals surface area contributed by atoms with Crippen LogP contribution in [0.5, 0.6) is 0 Å². The van der Waals surface area contributed by atoms with Crippen LogP contribution in [0.2, 0.25) is 5.02 Å². The van der Waals surface area contributed by atoms with Gasteiger partial charge in [-0.05, 0) is 42.8 Å². The highest BCUT2D eigenvalue weighted by Crippen LogP contribution is 2.29. The zero-order valence-electron chi connectivity index (χ0n) is 12.3. The minimum absolute atomic E-state index is 0.149. The van der Waals surface area contributed by atoms with E-state index >= 15 is 0 Å². The van der Waals surface area contributed by atoms with Crippen molar-refractivity contribution >= 4 is 27.5 Å². The van der Waals surface area contributed by atoms with Crippen LogP contribution in [0, 0.1) is 6.92 Å². The maximum Gasteiger partial charge on any atom is 0.0482 e. The lowest BCUT2D eigenvalue weighted by Crippen LogP contribution is -2.30. The molecule has 0 heterocycles. The zero-order valence-corrected chi connectivity index (χ0v) is 14.7. The van der Waals surface area contributed by atoms with Crippen molar-refractivity contribution < 1.29 is 0 Å². The Balaban J connectivity index is 2.22. The number of nitrogens with two attached hydrogens (primary N) is 1. The van der Waals surface area contributed by atoms with Crippen molar-refractivity contribution in [2.75, 3.05) is 13.6 Å². The molecule has 0 saturated heterocycles. The van der Waals surface area contributed by atoms with E-state index in [0.717, 1.165) is 21.6 Å². The second-order valence-corrected chi connectivity index (χ2v) is 6.54. The molecule has 21 heavy (non-hydrogen) atoms. The van der Waals surface area contributed by atoms with Crippen molar-refractivity contribution in [3.63, 3.8) is 0 Å². The summed E-state index contributed by atoms with van der Waals surface area (Å²) in [5.41, 5.74) is 9.56. The van der Waals surface area contributed by atoms with Gasteiger partial charge in [-0.3, -0.25) is 4.90 Å². The Bertz CT molecular complexity index is 615. The van der Waals surface area contributed by atoms with Crippen LogP contribution < -0.4 is 5.73 Å². The summed E-state index contributed by atoms with van der Waals surface area (Å²) in [4.78, 5) is 2.23. The molecule has 0 aliphatic rings. The molecule has 0 saturated carbocycles. The van der Waals surface area contributed by atoms with Crippen molar-refractivity contribution in [2.45, 2.75) is 19.5 Å². The van der Waals surface area contributed by atoms with Gasteiger partial charge in [-0.15, -0.1) is 0 Å². The van der Waals surface area contributed by atoms with Crippen molar-refractivity contribution in [2.24, 2.45) is 5.73 Å². The lowest BCUT2D eigenvalue weighted by atomic mass is 10.0. The van der Waals surface area contributed by atoms with Gasteiger partial charge in [0.25, 0.3) is 0 Å². The lowest BCUT2D eigenvalue weighted by molar-refractivity contribution is 0.241. The predicted molar refractivity (Wildman–Crippen MR) is 93.6 cm³/mol. The molecule has 0 bridgehead atoms. The molecule has 0 radical (unpaired) electrons. The Morgan fingerprint density at radius 1 is 1.24 bits per heavy atom. The summed E-state index contributed by atoms with van der Waals surface area (Å²) in [6.07, 6.45) is 0. The molecule has 0 spiro atoms. The fraction of sp³-hybridized carbons (Fsp3) is 0.294.